The zero-order valence-electron chi connectivity index (χ0n) is 13.1. The van der Waals surface area contributed by atoms with Crippen molar-refractivity contribution in [1.82, 2.24) is 10.2 Å². The number of piperidine rings is 1. The Morgan fingerprint density at radius 3 is 2.86 bits per heavy atom. The van der Waals surface area contributed by atoms with E-state index in [1.54, 1.807) is 0 Å². The van der Waals surface area contributed by atoms with Gasteiger partial charge in [0, 0.05) is 30.0 Å². The van der Waals surface area contributed by atoms with E-state index in [1.165, 1.54) is 0 Å². The van der Waals surface area contributed by atoms with Crippen molar-refractivity contribution in [3.8, 4) is 0 Å². The number of carbonyl (C=O) groups is 1. The molecule has 0 aromatic rings. The molecular formula is C14H27N5O2. The van der Waals surface area contributed by atoms with Crippen molar-refractivity contribution in [3.63, 3.8) is 0 Å². The molecule has 0 spiro atoms. The Labute approximate surface area is 126 Å². The average Bonchev–Trinajstić information content (AvgIpc) is 2.50. The highest BCUT2D eigenvalue weighted by atomic mass is 16.5. The van der Waals surface area contributed by atoms with E-state index in [-0.39, 0.29) is 5.97 Å². The first-order valence-corrected chi connectivity index (χ1v) is 7.81. The summed E-state index contributed by atoms with van der Waals surface area (Å²) >= 11 is 0. The van der Waals surface area contributed by atoms with Crippen LogP contribution in [-0.4, -0.2) is 55.7 Å². The van der Waals surface area contributed by atoms with Gasteiger partial charge >= 0.3 is 5.97 Å². The Morgan fingerprint density at radius 1 is 1.52 bits per heavy atom. The summed E-state index contributed by atoms with van der Waals surface area (Å²) < 4.78 is 4.90. The number of carbonyl (C=O) groups excluding carboxylic acids is 1. The predicted octanol–water partition coefficient (Wildman–Crippen LogP) is 2.08. The molecule has 0 bridgehead atoms. The number of azide groups is 1. The van der Waals surface area contributed by atoms with Gasteiger partial charge in [0.2, 0.25) is 0 Å². The lowest BCUT2D eigenvalue weighted by molar-refractivity contribution is -0.143. The number of hydrogen-bond acceptors (Lipinski definition) is 5. The summed E-state index contributed by atoms with van der Waals surface area (Å²) in [5, 5.41) is 7.14. The molecule has 1 rings (SSSR count). The van der Waals surface area contributed by atoms with E-state index in [9.17, 15) is 4.79 Å². The van der Waals surface area contributed by atoms with Crippen LogP contribution in [0.1, 0.15) is 39.5 Å². The number of rotatable bonds is 9. The molecule has 21 heavy (non-hydrogen) atoms. The van der Waals surface area contributed by atoms with Crippen LogP contribution in [0, 0.1) is 0 Å². The van der Waals surface area contributed by atoms with E-state index in [0.717, 1.165) is 38.9 Å². The highest BCUT2D eigenvalue weighted by Gasteiger charge is 2.21. The van der Waals surface area contributed by atoms with Gasteiger partial charge in [0.1, 0.15) is 0 Å². The van der Waals surface area contributed by atoms with Crippen molar-refractivity contribution in [2.24, 2.45) is 5.11 Å². The maximum atomic E-state index is 11.2. The highest BCUT2D eigenvalue weighted by molar-refractivity contribution is 5.69. The lowest BCUT2D eigenvalue weighted by Gasteiger charge is -2.35. The number of likely N-dealkylation sites (tertiary alicyclic amines) is 1. The van der Waals surface area contributed by atoms with Crippen molar-refractivity contribution < 1.29 is 9.53 Å². The van der Waals surface area contributed by atoms with Gasteiger partial charge in [-0.1, -0.05) is 5.11 Å². The van der Waals surface area contributed by atoms with Gasteiger partial charge in [0.15, 0.2) is 0 Å². The van der Waals surface area contributed by atoms with Crippen LogP contribution in [0.5, 0.6) is 0 Å². The minimum atomic E-state index is -0.110. The fourth-order valence-corrected chi connectivity index (χ4v) is 2.59. The second kappa shape index (κ2) is 10.4. The second-order valence-electron chi connectivity index (χ2n) is 5.44. The molecule has 1 fully saturated rings. The topological polar surface area (TPSA) is 90.3 Å². The van der Waals surface area contributed by atoms with Crippen LogP contribution in [0.4, 0.5) is 0 Å². The SMILES string of the molecule is CCOC(=O)CCCNC1CCN(C(C)CN=[N+]=[N-])CC1. The summed E-state index contributed by atoms with van der Waals surface area (Å²) in [4.78, 5) is 16.4. The molecule has 0 aromatic carbocycles. The molecule has 1 unspecified atom stereocenters. The van der Waals surface area contributed by atoms with Crippen LogP contribution in [-0.2, 0) is 9.53 Å². The fraction of sp³-hybridized carbons (Fsp3) is 0.929. The molecule has 7 heteroatoms. The number of nitrogens with one attached hydrogen (secondary N) is 1. The van der Waals surface area contributed by atoms with E-state index in [4.69, 9.17) is 10.3 Å². The van der Waals surface area contributed by atoms with Crippen LogP contribution in [0.2, 0.25) is 0 Å². The monoisotopic (exact) mass is 297 g/mol. The van der Waals surface area contributed by atoms with Crippen molar-refractivity contribution in [2.45, 2.75) is 51.6 Å². The summed E-state index contributed by atoms with van der Waals surface area (Å²) in [6.07, 6.45) is 3.51. The van der Waals surface area contributed by atoms with Gasteiger partial charge in [-0.3, -0.25) is 4.79 Å². The molecule has 0 saturated carbocycles. The lowest BCUT2D eigenvalue weighted by Crippen LogP contribution is -2.46. The Balaban J connectivity index is 2.10. The second-order valence-corrected chi connectivity index (χ2v) is 5.44. The van der Waals surface area contributed by atoms with E-state index in [1.807, 2.05) is 6.92 Å². The van der Waals surface area contributed by atoms with Gasteiger partial charge in [-0.2, -0.15) is 0 Å². The first-order chi connectivity index (χ1) is 10.2. The molecular weight excluding hydrogens is 270 g/mol. The standard InChI is InChI=1S/C14H27N5O2/c1-3-21-14(20)5-4-8-16-13-6-9-19(10-7-13)12(2)11-17-18-15/h12-13,16H,3-11H2,1-2H3. The van der Waals surface area contributed by atoms with Gasteiger partial charge < -0.3 is 15.0 Å². The largest absolute Gasteiger partial charge is 0.466 e. The van der Waals surface area contributed by atoms with Gasteiger partial charge in [-0.05, 0) is 58.3 Å². The quantitative estimate of drug-likeness (QED) is 0.232. The molecule has 1 heterocycles. The molecule has 0 aromatic heterocycles. The molecule has 7 nitrogen and oxygen atoms in total. The zero-order valence-corrected chi connectivity index (χ0v) is 13.1. The summed E-state index contributed by atoms with van der Waals surface area (Å²) in [6, 6.07) is 0.834. The Hall–Kier alpha value is -1.30. The number of nitrogens with zero attached hydrogens (tertiary/aromatic N) is 4. The van der Waals surface area contributed by atoms with E-state index < -0.39 is 0 Å². The average molecular weight is 297 g/mol. The van der Waals surface area contributed by atoms with Gasteiger partial charge in [-0.15, -0.1) is 0 Å². The number of esters is 1. The molecule has 120 valence electrons. The lowest BCUT2D eigenvalue weighted by atomic mass is 10.0. The summed E-state index contributed by atoms with van der Waals surface area (Å²) in [6.45, 7) is 7.83. The van der Waals surface area contributed by atoms with E-state index in [0.29, 0.717) is 31.7 Å². The van der Waals surface area contributed by atoms with Crippen molar-refractivity contribution in [1.29, 1.82) is 0 Å². The molecule has 1 atom stereocenters. The van der Waals surface area contributed by atoms with Crippen molar-refractivity contribution >= 4 is 5.97 Å². The molecule has 1 aliphatic rings. The maximum absolute atomic E-state index is 11.2. The number of hydrogen-bond donors (Lipinski definition) is 1. The summed E-state index contributed by atoms with van der Waals surface area (Å²) in [5.74, 6) is -0.110. The summed E-state index contributed by atoms with van der Waals surface area (Å²) in [5.41, 5.74) is 8.35. The molecule has 1 saturated heterocycles. The zero-order chi connectivity index (χ0) is 15.5. The summed E-state index contributed by atoms with van der Waals surface area (Å²) in [7, 11) is 0. The predicted molar refractivity (Wildman–Crippen MR) is 81.9 cm³/mol. The van der Waals surface area contributed by atoms with Gasteiger partial charge in [-0.25, -0.2) is 0 Å². The molecule has 0 aliphatic carbocycles. The Morgan fingerprint density at radius 2 is 2.24 bits per heavy atom. The first kappa shape index (κ1) is 17.8. The van der Waals surface area contributed by atoms with Crippen LogP contribution >= 0.6 is 0 Å². The maximum Gasteiger partial charge on any atom is 0.305 e. The molecule has 1 N–H and O–H groups in total. The molecule has 0 radical (unpaired) electrons. The van der Waals surface area contributed by atoms with Crippen LogP contribution < -0.4 is 5.32 Å². The van der Waals surface area contributed by atoms with Crippen LogP contribution in [0.3, 0.4) is 0 Å². The minimum Gasteiger partial charge on any atom is -0.466 e. The molecule has 0 amide bonds. The Kier molecular flexibility index (Phi) is 8.82. The third kappa shape index (κ3) is 7.32. The van der Waals surface area contributed by atoms with Crippen LogP contribution in [0.15, 0.2) is 5.11 Å². The van der Waals surface area contributed by atoms with E-state index >= 15 is 0 Å². The third-order valence-electron chi connectivity index (χ3n) is 3.86. The Bertz CT molecular complexity index is 349. The van der Waals surface area contributed by atoms with Crippen molar-refractivity contribution in [3.05, 3.63) is 10.4 Å². The first-order valence-electron chi connectivity index (χ1n) is 7.81. The smallest absolute Gasteiger partial charge is 0.305 e. The van der Waals surface area contributed by atoms with Gasteiger partial charge in [0.25, 0.3) is 0 Å². The van der Waals surface area contributed by atoms with Gasteiger partial charge in [0.05, 0.1) is 6.61 Å². The molecule has 1 aliphatic heterocycles. The normalized spacial score (nSPS) is 18.0. The van der Waals surface area contributed by atoms with Crippen LogP contribution in [0.25, 0.3) is 10.4 Å². The number of ether oxygens (including phenoxy) is 1. The minimum absolute atomic E-state index is 0.110. The van der Waals surface area contributed by atoms with E-state index in [2.05, 4.69) is 27.2 Å². The van der Waals surface area contributed by atoms with Crippen molar-refractivity contribution in [2.75, 3.05) is 32.8 Å². The third-order valence-corrected chi connectivity index (χ3v) is 3.86. The highest BCUT2D eigenvalue weighted by Crippen LogP contribution is 2.13. The fourth-order valence-electron chi connectivity index (χ4n) is 2.59.